The number of hydrogen-bond donors (Lipinski definition) is 0. The smallest absolute Gasteiger partial charge is 0.273 e. The van der Waals surface area contributed by atoms with Gasteiger partial charge in [-0.2, -0.15) is 5.10 Å². The largest absolute Gasteiger partial charge is 0.330 e. The Hall–Kier alpha value is -3.54. The molecule has 2 aliphatic rings. The van der Waals surface area contributed by atoms with Crippen LogP contribution in [0.5, 0.6) is 0 Å². The lowest BCUT2D eigenvalue weighted by Crippen LogP contribution is -2.39. The van der Waals surface area contributed by atoms with E-state index in [9.17, 15) is 4.79 Å². The first-order chi connectivity index (χ1) is 17.5. The second-order valence-corrected chi connectivity index (χ2v) is 10.2. The molecular formula is C30H31FN4O. The molecule has 1 saturated carbocycles. The Balaban J connectivity index is 1.36. The minimum atomic E-state index is -0.267. The lowest BCUT2D eigenvalue weighted by Gasteiger charge is -2.35. The Morgan fingerprint density at radius 1 is 1.11 bits per heavy atom. The standard InChI is InChI=1S/C30H31FN4O/c1-3-4-7-20-10-13-24(25(31)16-20)26-18-29-32-27(17-28(22-11-12-22)35(29)33-26)30(36)34-15-14-21-8-5-6-9-23(21)19(34)2/h5-6,8-10,13,16-19,22H,3-4,7,11-12,14-15H2,1-2H3/t19-/m1/s1. The molecule has 0 bridgehead atoms. The molecule has 0 radical (unpaired) electrons. The fraction of sp³-hybridized carbons (Fsp3) is 0.367. The Morgan fingerprint density at radius 3 is 2.72 bits per heavy atom. The monoisotopic (exact) mass is 482 g/mol. The van der Waals surface area contributed by atoms with Crippen LogP contribution in [0.15, 0.2) is 54.6 Å². The highest BCUT2D eigenvalue weighted by Crippen LogP contribution is 2.41. The third-order valence-electron chi connectivity index (χ3n) is 7.65. The predicted octanol–water partition coefficient (Wildman–Crippen LogP) is 6.51. The summed E-state index contributed by atoms with van der Waals surface area (Å²) in [6.45, 7) is 4.89. The van der Waals surface area contributed by atoms with Crippen molar-refractivity contribution < 1.29 is 9.18 Å². The molecule has 36 heavy (non-hydrogen) atoms. The van der Waals surface area contributed by atoms with Gasteiger partial charge in [0.05, 0.1) is 11.7 Å². The number of carbonyl (C=O) groups excluding carboxylic acids is 1. The topological polar surface area (TPSA) is 50.5 Å². The molecule has 3 heterocycles. The summed E-state index contributed by atoms with van der Waals surface area (Å²) in [4.78, 5) is 20.3. The van der Waals surface area contributed by atoms with Crippen molar-refractivity contribution in [1.82, 2.24) is 19.5 Å². The number of aryl methyl sites for hydroxylation is 1. The van der Waals surface area contributed by atoms with Gasteiger partial charge in [0.25, 0.3) is 5.91 Å². The quantitative estimate of drug-likeness (QED) is 0.315. The number of halogens is 1. The van der Waals surface area contributed by atoms with Crippen LogP contribution in [0.4, 0.5) is 4.39 Å². The van der Waals surface area contributed by atoms with Gasteiger partial charge in [-0.1, -0.05) is 43.7 Å². The van der Waals surface area contributed by atoms with E-state index in [-0.39, 0.29) is 17.8 Å². The molecule has 0 N–H and O–H groups in total. The molecule has 6 rings (SSSR count). The molecule has 2 aromatic heterocycles. The van der Waals surface area contributed by atoms with Gasteiger partial charge in [-0.15, -0.1) is 0 Å². The van der Waals surface area contributed by atoms with E-state index in [4.69, 9.17) is 10.1 Å². The summed E-state index contributed by atoms with van der Waals surface area (Å²) in [6.07, 6.45) is 5.96. The van der Waals surface area contributed by atoms with Crippen LogP contribution in [0.25, 0.3) is 16.9 Å². The van der Waals surface area contributed by atoms with Gasteiger partial charge in [-0.25, -0.2) is 13.9 Å². The Kier molecular flexibility index (Phi) is 5.82. The van der Waals surface area contributed by atoms with E-state index in [1.165, 1.54) is 11.1 Å². The van der Waals surface area contributed by atoms with Crippen LogP contribution in [0.3, 0.4) is 0 Å². The molecule has 184 valence electrons. The molecule has 0 spiro atoms. The number of rotatable bonds is 6. The molecule has 0 saturated heterocycles. The molecule has 1 fully saturated rings. The fourth-order valence-corrected chi connectivity index (χ4v) is 5.41. The summed E-state index contributed by atoms with van der Waals surface area (Å²) in [5.41, 5.74) is 6.55. The highest BCUT2D eigenvalue weighted by atomic mass is 19.1. The molecule has 1 aliphatic heterocycles. The number of unbranched alkanes of at least 4 members (excludes halogenated alkanes) is 1. The second-order valence-electron chi connectivity index (χ2n) is 10.2. The number of carbonyl (C=O) groups is 1. The molecule has 0 unspecified atom stereocenters. The van der Waals surface area contributed by atoms with Gasteiger partial charge in [0.1, 0.15) is 11.5 Å². The molecule has 1 aliphatic carbocycles. The summed E-state index contributed by atoms with van der Waals surface area (Å²) in [5.74, 6) is 0.0308. The predicted molar refractivity (Wildman–Crippen MR) is 139 cm³/mol. The van der Waals surface area contributed by atoms with E-state index in [1.807, 2.05) is 39.7 Å². The minimum absolute atomic E-state index is 0.00866. The van der Waals surface area contributed by atoms with Crippen LogP contribution in [0.1, 0.15) is 84.4 Å². The summed E-state index contributed by atoms with van der Waals surface area (Å²) in [6, 6.07) is 17.5. The zero-order chi connectivity index (χ0) is 24.8. The lowest BCUT2D eigenvalue weighted by atomic mass is 9.93. The van der Waals surface area contributed by atoms with E-state index >= 15 is 4.39 Å². The number of benzene rings is 2. The number of hydrogen-bond acceptors (Lipinski definition) is 3. The number of fused-ring (bicyclic) bond motifs is 2. The minimum Gasteiger partial charge on any atom is -0.330 e. The van der Waals surface area contributed by atoms with Gasteiger partial charge in [0.2, 0.25) is 0 Å². The van der Waals surface area contributed by atoms with E-state index in [0.717, 1.165) is 49.8 Å². The second kappa shape index (κ2) is 9.16. The molecule has 6 heteroatoms. The Morgan fingerprint density at radius 2 is 1.94 bits per heavy atom. The first-order valence-electron chi connectivity index (χ1n) is 13.1. The van der Waals surface area contributed by atoms with Gasteiger partial charge in [0.15, 0.2) is 5.65 Å². The van der Waals surface area contributed by atoms with E-state index < -0.39 is 0 Å². The molecule has 1 atom stereocenters. The maximum absolute atomic E-state index is 15.0. The van der Waals surface area contributed by atoms with E-state index in [1.54, 1.807) is 6.07 Å². The third kappa shape index (κ3) is 4.08. The van der Waals surface area contributed by atoms with Crippen LogP contribution in [-0.4, -0.2) is 31.9 Å². The zero-order valence-electron chi connectivity index (χ0n) is 20.9. The van der Waals surface area contributed by atoms with Crippen molar-refractivity contribution in [2.75, 3.05) is 6.54 Å². The summed E-state index contributed by atoms with van der Waals surface area (Å²) in [5, 5.41) is 4.74. The maximum atomic E-state index is 15.0. The fourth-order valence-electron chi connectivity index (χ4n) is 5.41. The van der Waals surface area contributed by atoms with Crippen LogP contribution < -0.4 is 0 Å². The Bertz CT molecular complexity index is 1450. The van der Waals surface area contributed by atoms with Crippen molar-refractivity contribution in [2.24, 2.45) is 0 Å². The molecular weight excluding hydrogens is 451 g/mol. The average Bonchev–Trinajstić information content (AvgIpc) is 3.65. The van der Waals surface area contributed by atoms with Gasteiger partial charge >= 0.3 is 0 Å². The Labute approximate surface area is 211 Å². The van der Waals surface area contributed by atoms with E-state index in [0.29, 0.717) is 35.1 Å². The van der Waals surface area contributed by atoms with Crippen molar-refractivity contribution >= 4 is 11.6 Å². The van der Waals surface area contributed by atoms with Gasteiger partial charge in [0, 0.05) is 29.8 Å². The SMILES string of the molecule is CCCCc1ccc(-c2cc3nc(C(=O)N4CCc5ccccc5[C@H]4C)cc(C4CC4)n3n2)c(F)c1. The molecule has 4 aromatic rings. The molecule has 5 nitrogen and oxygen atoms in total. The first-order valence-corrected chi connectivity index (χ1v) is 13.1. The first kappa shape index (κ1) is 22.9. The van der Waals surface area contributed by atoms with Crippen molar-refractivity contribution in [3.8, 4) is 11.3 Å². The molecule has 2 aromatic carbocycles. The average molecular weight is 483 g/mol. The lowest BCUT2D eigenvalue weighted by molar-refractivity contribution is 0.0671. The highest BCUT2D eigenvalue weighted by molar-refractivity contribution is 5.93. The van der Waals surface area contributed by atoms with Crippen molar-refractivity contribution in [2.45, 2.75) is 64.3 Å². The summed E-state index contributed by atoms with van der Waals surface area (Å²) in [7, 11) is 0. The van der Waals surface area contributed by atoms with Crippen LogP contribution in [-0.2, 0) is 12.8 Å². The zero-order valence-corrected chi connectivity index (χ0v) is 20.9. The van der Waals surface area contributed by atoms with Crippen molar-refractivity contribution in [1.29, 1.82) is 0 Å². The summed E-state index contributed by atoms with van der Waals surface area (Å²) < 4.78 is 16.9. The molecule has 1 amide bonds. The third-order valence-corrected chi connectivity index (χ3v) is 7.65. The van der Waals surface area contributed by atoms with Crippen molar-refractivity contribution in [3.05, 3.63) is 88.5 Å². The van der Waals surface area contributed by atoms with Gasteiger partial charge in [-0.05, 0) is 73.9 Å². The van der Waals surface area contributed by atoms with Crippen LogP contribution >= 0.6 is 0 Å². The number of amides is 1. The highest BCUT2D eigenvalue weighted by Gasteiger charge is 2.32. The van der Waals surface area contributed by atoms with Gasteiger partial charge < -0.3 is 4.90 Å². The summed E-state index contributed by atoms with van der Waals surface area (Å²) >= 11 is 0. The van der Waals surface area contributed by atoms with E-state index in [2.05, 4.69) is 32.0 Å². The van der Waals surface area contributed by atoms with Gasteiger partial charge in [-0.3, -0.25) is 4.79 Å². The number of aromatic nitrogens is 3. The van der Waals surface area contributed by atoms with Crippen LogP contribution in [0.2, 0.25) is 0 Å². The van der Waals surface area contributed by atoms with Crippen molar-refractivity contribution in [3.63, 3.8) is 0 Å². The number of nitrogens with zero attached hydrogens (tertiary/aromatic N) is 4. The normalized spacial score (nSPS) is 17.4. The van der Waals surface area contributed by atoms with Crippen LogP contribution in [0, 0.1) is 5.82 Å². The maximum Gasteiger partial charge on any atom is 0.273 e.